The van der Waals surface area contributed by atoms with Crippen molar-refractivity contribution in [2.75, 3.05) is 7.11 Å². The van der Waals surface area contributed by atoms with Gasteiger partial charge in [0.25, 0.3) is 0 Å². The summed E-state index contributed by atoms with van der Waals surface area (Å²) < 4.78 is 5.08. The summed E-state index contributed by atoms with van der Waals surface area (Å²) in [7, 11) is 1.67. The SMILES string of the molecule is COc1ccc([C@H](C)[C@@H](C)N)cc1. The Morgan fingerprint density at radius 3 is 2.08 bits per heavy atom. The second kappa shape index (κ2) is 4.28. The number of methoxy groups -OCH3 is 1. The first-order chi connectivity index (χ1) is 6.15. The van der Waals surface area contributed by atoms with Crippen LogP contribution in [0.3, 0.4) is 0 Å². The Hall–Kier alpha value is -1.02. The molecule has 0 unspecified atom stereocenters. The largest absolute Gasteiger partial charge is 0.497 e. The summed E-state index contributed by atoms with van der Waals surface area (Å²) in [6, 6.07) is 8.25. The van der Waals surface area contributed by atoms with E-state index in [1.807, 2.05) is 19.1 Å². The highest BCUT2D eigenvalue weighted by Crippen LogP contribution is 2.20. The molecule has 13 heavy (non-hydrogen) atoms. The molecule has 1 aromatic carbocycles. The first-order valence-electron chi connectivity index (χ1n) is 4.54. The summed E-state index contributed by atoms with van der Waals surface area (Å²) in [6.07, 6.45) is 0. The van der Waals surface area contributed by atoms with Gasteiger partial charge in [0.15, 0.2) is 0 Å². The van der Waals surface area contributed by atoms with Crippen LogP contribution in [0, 0.1) is 0 Å². The van der Waals surface area contributed by atoms with Gasteiger partial charge < -0.3 is 10.5 Å². The average molecular weight is 179 g/mol. The van der Waals surface area contributed by atoms with Crippen LogP contribution in [-0.4, -0.2) is 13.2 Å². The van der Waals surface area contributed by atoms with Gasteiger partial charge in [0.1, 0.15) is 5.75 Å². The maximum Gasteiger partial charge on any atom is 0.118 e. The molecule has 2 nitrogen and oxygen atoms in total. The predicted molar refractivity (Wildman–Crippen MR) is 55.1 cm³/mol. The highest BCUT2D eigenvalue weighted by molar-refractivity contribution is 5.29. The summed E-state index contributed by atoms with van der Waals surface area (Å²) in [5, 5.41) is 0. The smallest absolute Gasteiger partial charge is 0.118 e. The van der Waals surface area contributed by atoms with Gasteiger partial charge in [0, 0.05) is 6.04 Å². The fourth-order valence-corrected chi connectivity index (χ4v) is 1.21. The van der Waals surface area contributed by atoms with E-state index in [9.17, 15) is 0 Å². The maximum absolute atomic E-state index is 5.81. The van der Waals surface area contributed by atoms with Gasteiger partial charge >= 0.3 is 0 Å². The first-order valence-corrected chi connectivity index (χ1v) is 4.54. The lowest BCUT2D eigenvalue weighted by atomic mass is 9.95. The lowest BCUT2D eigenvalue weighted by Gasteiger charge is -2.15. The van der Waals surface area contributed by atoms with E-state index in [2.05, 4.69) is 19.1 Å². The molecule has 0 saturated carbocycles. The van der Waals surface area contributed by atoms with Gasteiger partial charge in [0.2, 0.25) is 0 Å². The molecular weight excluding hydrogens is 162 g/mol. The molecule has 0 radical (unpaired) electrons. The fourth-order valence-electron chi connectivity index (χ4n) is 1.21. The molecule has 0 fully saturated rings. The van der Waals surface area contributed by atoms with Gasteiger partial charge in [-0.05, 0) is 30.5 Å². The minimum Gasteiger partial charge on any atom is -0.497 e. The predicted octanol–water partition coefficient (Wildman–Crippen LogP) is 2.15. The van der Waals surface area contributed by atoms with Crippen molar-refractivity contribution < 1.29 is 4.74 Å². The minimum absolute atomic E-state index is 0.188. The molecular formula is C11H17NO. The van der Waals surface area contributed by atoms with Crippen molar-refractivity contribution in [2.24, 2.45) is 5.73 Å². The Morgan fingerprint density at radius 1 is 1.15 bits per heavy atom. The lowest BCUT2D eigenvalue weighted by Crippen LogP contribution is -2.22. The second-order valence-electron chi connectivity index (χ2n) is 3.42. The summed E-state index contributed by atoms with van der Waals surface area (Å²) in [6.45, 7) is 4.15. The molecule has 2 N–H and O–H groups in total. The number of nitrogens with two attached hydrogens (primary N) is 1. The van der Waals surface area contributed by atoms with Crippen molar-refractivity contribution in [3.05, 3.63) is 29.8 Å². The molecule has 2 heteroatoms. The molecule has 0 spiro atoms. The zero-order chi connectivity index (χ0) is 9.84. The first kappa shape index (κ1) is 10.1. The van der Waals surface area contributed by atoms with Crippen LogP contribution in [-0.2, 0) is 0 Å². The third-order valence-electron chi connectivity index (χ3n) is 2.43. The van der Waals surface area contributed by atoms with E-state index < -0.39 is 0 Å². The van der Waals surface area contributed by atoms with Gasteiger partial charge in [-0.3, -0.25) is 0 Å². The van der Waals surface area contributed by atoms with E-state index in [-0.39, 0.29) is 6.04 Å². The van der Waals surface area contributed by atoms with Crippen molar-refractivity contribution in [3.63, 3.8) is 0 Å². The molecule has 0 heterocycles. The standard InChI is InChI=1S/C11H17NO/c1-8(9(2)12)10-4-6-11(13-3)7-5-10/h4-9H,12H2,1-3H3/t8-,9-/m1/s1. The van der Waals surface area contributed by atoms with Crippen molar-refractivity contribution in [3.8, 4) is 5.75 Å². The number of rotatable bonds is 3. The van der Waals surface area contributed by atoms with Crippen LogP contribution in [0.4, 0.5) is 0 Å². The lowest BCUT2D eigenvalue weighted by molar-refractivity contribution is 0.414. The van der Waals surface area contributed by atoms with E-state index in [4.69, 9.17) is 10.5 Å². The van der Waals surface area contributed by atoms with Crippen LogP contribution in [0.25, 0.3) is 0 Å². The molecule has 2 atom stereocenters. The molecule has 1 aromatic rings. The van der Waals surface area contributed by atoms with Crippen molar-refractivity contribution >= 4 is 0 Å². The van der Waals surface area contributed by atoms with Crippen LogP contribution in [0.2, 0.25) is 0 Å². The summed E-state index contributed by atoms with van der Waals surface area (Å²) in [4.78, 5) is 0. The van der Waals surface area contributed by atoms with Gasteiger partial charge in [-0.15, -0.1) is 0 Å². The Balaban J connectivity index is 2.79. The van der Waals surface area contributed by atoms with Crippen molar-refractivity contribution in [2.45, 2.75) is 25.8 Å². The maximum atomic E-state index is 5.81. The molecule has 0 aliphatic rings. The Bertz CT molecular complexity index is 253. The van der Waals surface area contributed by atoms with Gasteiger partial charge in [-0.2, -0.15) is 0 Å². The zero-order valence-corrected chi connectivity index (χ0v) is 8.45. The summed E-state index contributed by atoms with van der Waals surface area (Å²) in [5.74, 6) is 1.28. The summed E-state index contributed by atoms with van der Waals surface area (Å²) in [5.41, 5.74) is 7.07. The normalized spacial score (nSPS) is 15.1. The molecule has 0 amide bonds. The van der Waals surface area contributed by atoms with E-state index in [1.54, 1.807) is 7.11 Å². The Labute approximate surface area is 79.7 Å². The topological polar surface area (TPSA) is 35.2 Å². The third kappa shape index (κ3) is 2.46. The van der Waals surface area contributed by atoms with E-state index >= 15 is 0 Å². The quantitative estimate of drug-likeness (QED) is 0.771. The van der Waals surface area contributed by atoms with Crippen LogP contribution < -0.4 is 10.5 Å². The van der Waals surface area contributed by atoms with Gasteiger partial charge in [-0.25, -0.2) is 0 Å². The van der Waals surface area contributed by atoms with Gasteiger partial charge in [-0.1, -0.05) is 19.1 Å². The van der Waals surface area contributed by atoms with E-state index in [1.165, 1.54) is 5.56 Å². The van der Waals surface area contributed by atoms with Crippen LogP contribution in [0.15, 0.2) is 24.3 Å². The molecule has 0 saturated heterocycles. The molecule has 1 rings (SSSR count). The highest BCUT2D eigenvalue weighted by Gasteiger charge is 2.09. The van der Waals surface area contributed by atoms with Crippen molar-refractivity contribution in [1.82, 2.24) is 0 Å². The highest BCUT2D eigenvalue weighted by atomic mass is 16.5. The second-order valence-corrected chi connectivity index (χ2v) is 3.42. The van der Waals surface area contributed by atoms with Crippen LogP contribution in [0.1, 0.15) is 25.3 Å². The Morgan fingerprint density at radius 2 is 1.69 bits per heavy atom. The molecule has 72 valence electrons. The monoisotopic (exact) mass is 179 g/mol. The van der Waals surface area contributed by atoms with Crippen LogP contribution in [0.5, 0.6) is 5.75 Å². The number of benzene rings is 1. The third-order valence-corrected chi connectivity index (χ3v) is 2.43. The number of ether oxygens (including phenoxy) is 1. The van der Waals surface area contributed by atoms with Crippen molar-refractivity contribution in [1.29, 1.82) is 0 Å². The summed E-state index contributed by atoms with van der Waals surface area (Å²) >= 11 is 0. The molecule has 0 aliphatic carbocycles. The number of hydrogen-bond acceptors (Lipinski definition) is 2. The molecule has 0 aromatic heterocycles. The fraction of sp³-hybridized carbons (Fsp3) is 0.455. The zero-order valence-electron chi connectivity index (χ0n) is 8.45. The van der Waals surface area contributed by atoms with E-state index in [0.717, 1.165) is 5.75 Å². The molecule has 0 aliphatic heterocycles. The number of hydrogen-bond donors (Lipinski definition) is 1. The average Bonchev–Trinajstić information content (AvgIpc) is 2.17. The van der Waals surface area contributed by atoms with E-state index in [0.29, 0.717) is 5.92 Å². The van der Waals surface area contributed by atoms with Gasteiger partial charge in [0.05, 0.1) is 7.11 Å². The Kier molecular flexibility index (Phi) is 3.32. The molecule has 0 bridgehead atoms. The minimum atomic E-state index is 0.188. The van der Waals surface area contributed by atoms with Crippen LogP contribution >= 0.6 is 0 Å².